The van der Waals surface area contributed by atoms with Gasteiger partial charge in [0, 0.05) is 0 Å². The van der Waals surface area contributed by atoms with Crippen LogP contribution in [0.25, 0.3) is 0 Å². The van der Waals surface area contributed by atoms with Crippen molar-refractivity contribution in [1.82, 2.24) is 0 Å². The first-order valence-electron chi connectivity index (χ1n) is 5.96. The molecule has 0 spiro atoms. The van der Waals surface area contributed by atoms with Gasteiger partial charge in [-0.1, -0.05) is 51.5 Å². The Morgan fingerprint density at radius 3 is 2.40 bits per heavy atom. The van der Waals surface area contributed by atoms with Crippen LogP contribution in [0, 0.1) is 5.92 Å². The van der Waals surface area contributed by atoms with E-state index < -0.39 is 0 Å². The Bertz CT molecular complexity index is 175. The molecule has 0 saturated carbocycles. The van der Waals surface area contributed by atoms with Gasteiger partial charge in [0.2, 0.25) is 0 Å². The molecule has 0 aromatic rings. The monoisotopic (exact) mass is 212 g/mol. The lowest BCUT2D eigenvalue weighted by atomic mass is 10.0. The maximum absolute atomic E-state index is 11.2. The van der Waals surface area contributed by atoms with E-state index in [0.29, 0.717) is 0 Å². The van der Waals surface area contributed by atoms with Crippen LogP contribution in [-0.2, 0) is 9.53 Å². The fourth-order valence-electron chi connectivity index (χ4n) is 1.63. The summed E-state index contributed by atoms with van der Waals surface area (Å²) in [6.07, 6.45) is 10.1. The van der Waals surface area contributed by atoms with Crippen molar-refractivity contribution in [3.05, 3.63) is 12.7 Å². The predicted octanol–water partition coefficient (Wildman–Crippen LogP) is 3.71. The van der Waals surface area contributed by atoms with E-state index in [4.69, 9.17) is 0 Å². The molecule has 0 saturated heterocycles. The molecule has 2 nitrogen and oxygen atoms in total. The van der Waals surface area contributed by atoms with Crippen molar-refractivity contribution in [3.8, 4) is 0 Å². The molecule has 0 N–H and O–H groups in total. The third-order valence-electron chi connectivity index (χ3n) is 2.66. The molecule has 2 heteroatoms. The maximum Gasteiger partial charge on any atom is 0.312 e. The Morgan fingerprint density at radius 1 is 1.27 bits per heavy atom. The fraction of sp³-hybridized carbons (Fsp3) is 0.769. The number of ether oxygens (including phenoxy) is 1. The quantitative estimate of drug-likeness (QED) is 0.331. The molecule has 88 valence electrons. The van der Waals surface area contributed by atoms with Crippen molar-refractivity contribution in [3.63, 3.8) is 0 Å². The number of esters is 1. The first kappa shape index (κ1) is 14.2. The molecular weight excluding hydrogens is 188 g/mol. The van der Waals surface area contributed by atoms with Gasteiger partial charge in [0.15, 0.2) is 0 Å². The van der Waals surface area contributed by atoms with Crippen molar-refractivity contribution in [2.45, 2.75) is 51.9 Å². The van der Waals surface area contributed by atoms with Crippen LogP contribution in [0.2, 0.25) is 0 Å². The zero-order chi connectivity index (χ0) is 11.5. The van der Waals surface area contributed by atoms with Gasteiger partial charge in [-0.25, -0.2) is 0 Å². The molecule has 0 heterocycles. The Labute approximate surface area is 93.7 Å². The van der Waals surface area contributed by atoms with Gasteiger partial charge in [0.25, 0.3) is 0 Å². The van der Waals surface area contributed by atoms with Crippen LogP contribution in [0.5, 0.6) is 0 Å². The van der Waals surface area contributed by atoms with Crippen LogP contribution in [-0.4, -0.2) is 13.1 Å². The summed E-state index contributed by atoms with van der Waals surface area (Å²) in [5, 5.41) is 0. The summed E-state index contributed by atoms with van der Waals surface area (Å²) in [6, 6.07) is 0. The average Bonchev–Trinajstić information content (AvgIpc) is 2.27. The molecule has 0 aliphatic rings. The first-order chi connectivity index (χ1) is 7.26. The van der Waals surface area contributed by atoms with Crippen molar-refractivity contribution < 1.29 is 9.53 Å². The standard InChI is InChI=1S/C13H24O2/c1-4-6-7-8-9-10-11-12(5-2)13(14)15-3/h5,12H,2,4,6-11H2,1,3H3/t12-/m0/s1. The van der Waals surface area contributed by atoms with Crippen LogP contribution in [0.3, 0.4) is 0 Å². The SMILES string of the molecule is C=C[C@@H](CCCCCCCC)C(=O)OC. The highest BCUT2D eigenvalue weighted by Crippen LogP contribution is 2.14. The van der Waals surface area contributed by atoms with Gasteiger partial charge in [0.1, 0.15) is 0 Å². The van der Waals surface area contributed by atoms with Crippen molar-refractivity contribution in [2.24, 2.45) is 5.92 Å². The summed E-state index contributed by atoms with van der Waals surface area (Å²) in [7, 11) is 1.43. The summed E-state index contributed by atoms with van der Waals surface area (Å²) in [6.45, 7) is 5.87. The van der Waals surface area contributed by atoms with E-state index in [-0.39, 0.29) is 11.9 Å². The minimum atomic E-state index is -0.154. The molecular formula is C13H24O2. The van der Waals surface area contributed by atoms with Crippen molar-refractivity contribution in [1.29, 1.82) is 0 Å². The van der Waals surface area contributed by atoms with E-state index in [9.17, 15) is 4.79 Å². The molecule has 0 amide bonds. The molecule has 0 aromatic carbocycles. The number of carbonyl (C=O) groups is 1. The summed E-state index contributed by atoms with van der Waals surface area (Å²) in [5.74, 6) is -0.264. The zero-order valence-corrected chi connectivity index (χ0v) is 10.1. The highest BCUT2D eigenvalue weighted by Gasteiger charge is 2.13. The molecule has 0 aromatic heterocycles. The normalized spacial score (nSPS) is 12.1. The Morgan fingerprint density at radius 2 is 1.87 bits per heavy atom. The van der Waals surface area contributed by atoms with E-state index >= 15 is 0 Å². The number of unbranched alkanes of at least 4 members (excludes halogenated alkanes) is 5. The number of methoxy groups -OCH3 is 1. The Balaban J connectivity index is 3.47. The second-order valence-electron chi connectivity index (χ2n) is 3.92. The van der Waals surface area contributed by atoms with Gasteiger partial charge < -0.3 is 4.74 Å². The topological polar surface area (TPSA) is 26.3 Å². The summed E-state index contributed by atoms with van der Waals surface area (Å²) in [4.78, 5) is 11.2. The zero-order valence-electron chi connectivity index (χ0n) is 10.1. The summed E-state index contributed by atoms with van der Waals surface area (Å²) < 4.78 is 4.69. The lowest BCUT2D eigenvalue weighted by molar-refractivity contribution is -0.143. The van der Waals surface area contributed by atoms with Gasteiger partial charge in [-0.3, -0.25) is 4.79 Å². The van der Waals surface area contributed by atoms with E-state index in [0.717, 1.165) is 12.8 Å². The molecule has 1 atom stereocenters. The lowest BCUT2D eigenvalue weighted by Crippen LogP contribution is -2.13. The van der Waals surface area contributed by atoms with Gasteiger partial charge in [-0.05, 0) is 6.42 Å². The lowest BCUT2D eigenvalue weighted by Gasteiger charge is -2.09. The molecule has 15 heavy (non-hydrogen) atoms. The molecule has 0 aliphatic heterocycles. The van der Waals surface area contributed by atoms with E-state index in [1.165, 1.54) is 39.2 Å². The van der Waals surface area contributed by atoms with Crippen LogP contribution in [0.1, 0.15) is 51.9 Å². The van der Waals surface area contributed by atoms with Gasteiger partial charge in [-0.15, -0.1) is 6.58 Å². The molecule has 0 fully saturated rings. The van der Waals surface area contributed by atoms with Crippen molar-refractivity contribution >= 4 is 5.97 Å². The first-order valence-corrected chi connectivity index (χ1v) is 5.96. The Kier molecular flexibility index (Phi) is 9.24. The number of hydrogen-bond acceptors (Lipinski definition) is 2. The second-order valence-corrected chi connectivity index (χ2v) is 3.92. The van der Waals surface area contributed by atoms with Gasteiger partial charge in [-0.2, -0.15) is 0 Å². The summed E-state index contributed by atoms with van der Waals surface area (Å²) in [5.41, 5.74) is 0. The number of hydrogen-bond donors (Lipinski definition) is 0. The van der Waals surface area contributed by atoms with Crippen LogP contribution in [0.4, 0.5) is 0 Å². The third-order valence-corrected chi connectivity index (χ3v) is 2.66. The predicted molar refractivity (Wildman–Crippen MR) is 63.7 cm³/mol. The highest BCUT2D eigenvalue weighted by molar-refractivity contribution is 5.74. The molecule has 0 bridgehead atoms. The van der Waals surface area contributed by atoms with Crippen LogP contribution >= 0.6 is 0 Å². The van der Waals surface area contributed by atoms with Crippen LogP contribution in [0.15, 0.2) is 12.7 Å². The largest absolute Gasteiger partial charge is 0.469 e. The summed E-state index contributed by atoms with van der Waals surface area (Å²) >= 11 is 0. The molecule has 0 rings (SSSR count). The van der Waals surface area contributed by atoms with Crippen LogP contribution < -0.4 is 0 Å². The van der Waals surface area contributed by atoms with E-state index in [1.54, 1.807) is 6.08 Å². The number of carbonyl (C=O) groups excluding carboxylic acids is 1. The van der Waals surface area contributed by atoms with Gasteiger partial charge in [0.05, 0.1) is 13.0 Å². The van der Waals surface area contributed by atoms with Crippen molar-refractivity contribution in [2.75, 3.05) is 7.11 Å². The minimum Gasteiger partial charge on any atom is -0.469 e. The smallest absolute Gasteiger partial charge is 0.312 e. The van der Waals surface area contributed by atoms with E-state index in [1.807, 2.05) is 0 Å². The molecule has 0 aliphatic carbocycles. The fourth-order valence-corrected chi connectivity index (χ4v) is 1.63. The highest BCUT2D eigenvalue weighted by atomic mass is 16.5. The maximum atomic E-state index is 11.2. The second kappa shape index (κ2) is 9.75. The Hall–Kier alpha value is -0.790. The van der Waals surface area contributed by atoms with E-state index in [2.05, 4.69) is 18.2 Å². The number of rotatable bonds is 9. The van der Waals surface area contributed by atoms with Gasteiger partial charge >= 0.3 is 5.97 Å². The average molecular weight is 212 g/mol. The third kappa shape index (κ3) is 7.18. The minimum absolute atomic E-state index is 0.110. The molecule has 0 unspecified atom stereocenters. The molecule has 0 radical (unpaired) electrons.